The monoisotopic (exact) mass is 507 g/mol. The Morgan fingerprint density at radius 2 is 1.62 bits per heavy atom. The summed E-state index contributed by atoms with van der Waals surface area (Å²) in [5.74, 6) is 0.466. The van der Waals surface area contributed by atoms with Crippen molar-refractivity contribution in [2.75, 3.05) is 20.7 Å². The molecule has 0 aliphatic heterocycles. The van der Waals surface area contributed by atoms with Gasteiger partial charge in [-0.05, 0) is 57.4 Å². The Morgan fingerprint density at radius 3 is 2.14 bits per heavy atom. The summed E-state index contributed by atoms with van der Waals surface area (Å²) in [5.41, 5.74) is 6.28. The lowest BCUT2D eigenvalue weighted by molar-refractivity contribution is 0.413. The Balaban J connectivity index is 0.000000827. The molecule has 202 valence electrons. The van der Waals surface area contributed by atoms with E-state index < -0.39 is 5.83 Å². The third-order valence-electron chi connectivity index (χ3n) is 5.15. The summed E-state index contributed by atoms with van der Waals surface area (Å²) in [5, 5.41) is 3.37. The fraction of sp³-hybridized carbons (Fsp3) is 0.375. The molecule has 0 saturated carbocycles. The molecule has 0 bridgehead atoms. The number of hydrogen-bond acceptors (Lipinski definition) is 4. The lowest BCUT2D eigenvalue weighted by Gasteiger charge is -2.10. The first-order valence-electron chi connectivity index (χ1n) is 12.9. The SMILES string of the molecule is C=C(C)c1ccccc1OC.CC.CCCCN/C(C)=C/C(=N/C(C)=C(\F)C=NC)c1ccccc1C. The molecule has 4 nitrogen and oxygen atoms in total. The third kappa shape index (κ3) is 12.9. The van der Waals surface area contributed by atoms with E-state index in [-0.39, 0.29) is 0 Å². The van der Waals surface area contributed by atoms with E-state index in [4.69, 9.17) is 4.74 Å². The van der Waals surface area contributed by atoms with Gasteiger partial charge in [-0.15, -0.1) is 0 Å². The van der Waals surface area contributed by atoms with Gasteiger partial charge in [0.1, 0.15) is 5.75 Å². The van der Waals surface area contributed by atoms with Crippen LogP contribution >= 0.6 is 0 Å². The van der Waals surface area contributed by atoms with Crippen LogP contribution in [0.2, 0.25) is 0 Å². The quantitative estimate of drug-likeness (QED) is 0.258. The standard InChI is InChI=1S/C20H28FN3.C10H12O.C2H6/c1-6-7-12-23-16(3)13-20(18-11-9-8-10-15(18)2)24-17(4)19(21)14-22-5;1-8(2)9-6-4-5-7-10(9)11-3;1-2/h8-11,13-14,23H,6-7,12H2,1-5H3;4-7H,1H2,2-3H3;1-2H3/b16-13+,19-17-,22-14?,24-20-;;. The molecule has 0 atom stereocenters. The Kier molecular flexibility index (Phi) is 17.8. The first-order valence-corrected chi connectivity index (χ1v) is 12.9. The van der Waals surface area contributed by atoms with Crippen molar-refractivity contribution in [1.82, 2.24) is 5.32 Å². The van der Waals surface area contributed by atoms with E-state index >= 15 is 0 Å². The topological polar surface area (TPSA) is 46.0 Å². The van der Waals surface area contributed by atoms with Gasteiger partial charge in [-0.1, -0.05) is 76.2 Å². The second kappa shape index (κ2) is 19.7. The number of benzene rings is 2. The molecule has 1 N–H and O–H groups in total. The molecule has 0 amide bonds. The van der Waals surface area contributed by atoms with E-state index in [9.17, 15) is 4.39 Å². The molecule has 0 aliphatic rings. The number of unbranched alkanes of at least 4 members (excludes halogenated alkanes) is 1. The zero-order valence-corrected chi connectivity index (χ0v) is 24.3. The first kappa shape index (κ1) is 33.5. The molecule has 0 radical (unpaired) electrons. The Bertz CT molecular complexity index is 1080. The van der Waals surface area contributed by atoms with Crippen LogP contribution in [0.25, 0.3) is 5.57 Å². The molecule has 2 aromatic carbocycles. The van der Waals surface area contributed by atoms with Gasteiger partial charge in [0, 0.05) is 30.4 Å². The second-order valence-corrected chi connectivity index (χ2v) is 8.22. The van der Waals surface area contributed by atoms with Gasteiger partial charge >= 0.3 is 0 Å². The highest BCUT2D eigenvalue weighted by Gasteiger charge is 2.07. The maximum Gasteiger partial charge on any atom is 0.162 e. The number of ether oxygens (including phenoxy) is 1. The lowest BCUT2D eigenvalue weighted by atomic mass is 10.0. The van der Waals surface area contributed by atoms with Gasteiger partial charge in [-0.2, -0.15) is 0 Å². The first-order chi connectivity index (χ1) is 17.7. The summed E-state index contributed by atoms with van der Waals surface area (Å²) >= 11 is 0. The minimum atomic E-state index is -0.423. The number of aliphatic imine (C=N–C) groups is 2. The number of rotatable bonds is 10. The van der Waals surface area contributed by atoms with Crippen LogP contribution in [0, 0.1) is 6.92 Å². The lowest BCUT2D eigenvalue weighted by Crippen LogP contribution is -2.14. The molecule has 2 rings (SSSR count). The smallest absolute Gasteiger partial charge is 0.162 e. The summed E-state index contributed by atoms with van der Waals surface area (Å²) in [6.45, 7) is 18.6. The highest BCUT2D eigenvalue weighted by molar-refractivity contribution is 6.10. The zero-order valence-electron chi connectivity index (χ0n) is 24.3. The van der Waals surface area contributed by atoms with Crippen LogP contribution in [0.15, 0.2) is 88.4 Å². The van der Waals surface area contributed by atoms with Gasteiger partial charge in [-0.3, -0.25) is 4.99 Å². The number of methoxy groups -OCH3 is 1. The maximum atomic E-state index is 13.9. The average molecular weight is 508 g/mol. The average Bonchev–Trinajstić information content (AvgIpc) is 2.90. The van der Waals surface area contributed by atoms with Crippen LogP contribution in [0.4, 0.5) is 4.39 Å². The van der Waals surface area contributed by atoms with E-state index in [0.717, 1.165) is 58.8 Å². The molecule has 0 heterocycles. The van der Waals surface area contributed by atoms with Crippen molar-refractivity contribution >= 4 is 17.5 Å². The maximum absolute atomic E-state index is 13.9. The van der Waals surface area contributed by atoms with Crippen LogP contribution in [0.5, 0.6) is 5.75 Å². The Morgan fingerprint density at radius 1 is 1.03 bits per heavy atom. The summed E-state index contributed by atoms with van der Waals surface area (Å²) < 4.78 is 19.1. The fourth-order valence-corrected chi connectivity index (χ4v) is 3.19. The Labute approximate surface area is 224 Å². The number of hydrogen-bond donors (Lipinski definition) is 1. The molecule has 0 fully saturated rings. The van der Waals surface area contributed by atoms with Crippen LogP contribution in [0.1, 0.15) is 71.1 Å². The number of nitrogens with zero attached hydrogens (tertiary/aromatic N) is 2. The number of nitrogens with one attached hydrogen (secondary N) is 1. The van der Waals surface area contributed by atoms with Crippen LogP contribution in [-0.4, -0.2) is 32.6 Å². The van der Waals surface area contributed by atoms with Gasteiger partial charge in [0.2, 0.25) is 0 Å². The number of aryl methyl sites for hydroxylation is 1. The number of para-hydroxylation sites is 1. The van der Waals surface area contributed by atoms with Crippen molar-refractivity contribution in [2.24, 2.45) is 9.98 Å². The van der Waals surface area contributed by atoms with Crippen molar-refractivity contribution in [3.8, 4) is 5.75 Å². The van der Waals surface area contributed by atoms with E-state index in [1.54, 1.807) is 21.1 Å². The van der Waals surface area contributed by atoms with E-state index in [2.05, 4.69) is 28.8 Å². The van der Waals surface area contributed by atoms with Gasteiger partial charge < -0.3 is 10.1 Å². The minimum absolute atomic E-state index is 0.316. The van der Waals surface area contributed by atoms with Crippen LogP contribution < -0.4 is 10.1 Å². The van der Waals surface area contributed by atoms with E-state index in [0.29, 0.717) is 5.70 Å². The number of allylic oxidation sites excluding steroid dienone is 5. The third-order valence-corrected chi connectivity index (χ3v) is 5.15. The molecule has 0 unspecified atom stereocenters. The van der Waals surface area contributed by atoms with Crippen molar-refractivity contribution in [3.63, 3.8) is 0 Å². The van der Waals surface area contributed by atoms with Gasteiger partial charge in [0.05, 0.1) is 24.7 Å². The fourth-order valence-electron chi connectivity index (χ4n) is 3.19. The normalized spacial score (nSPS) is 12.1. The summed E-state index contributed by atoms with van der Waals surface area (Å²) in [4.78, 5) is 8.22. The van der Waals surface area contributed by atoms with Crippen LogP contribution in [-0.2, 0) is 0 Å². The molecule has 37 heavy (non-hydrogen) atoms. The highest BCUT2D eigenvalue weighted by atomic mass is 19.1. The second-order valence-electron chi connectivity index (χ2n) is 8.22. The molecule has 0 spiro atoms. The van der Waals surface area contributed by atoms with Crippen molar-refractivity contribution < 1.29 is 9.13 Å². The molecule has 0 aromatic heterocycles. The minimum Gasteiger partial charge on any atom is -0.496 e. The van der Waals surface area contributed by atoms with E-state index in [1.807, 2.05) is 89.2 Å². The molecule has 0 saturated heterocycles. The van der Waals surface area contributed by atoms with Crippen molar-refractivity contribution in [2.45, 2.75) is 61.3 Å². The summed E-state index contributed by atoms with van der Waals surface area (Å²) in [6, 6.07) is 15.8. The molecular weight excluding hydrogens is 461 g/mol. The summed E-state index contributed by atoms with van der Waals surface area (Å²) in [7, 11) is 3.21. The molecule has 5 heteroatoms. The van der Waals surface area contributed by atoms with E-state index in [1.165, 1.54) is 6.21 Å². The zero-order chi connectivity index (χ0) is 28.2. The van der Waals surface area contributed by atoms with Gasteiger partial charge in [0.15, 0.2) is 5.83 Å². The highest BCUT2D eigenvalue weighted by Crippen LogP contribution is 2.23. The largest absolute Gasteiger partial charge is 0.496 e. The Hall–Kier alpha value is -3.47. The molecule has 2 aromatic rings. The number of halogens is 1. The van der Waals surface area contributed by atoms with Crippen molar-refractivity contribution in [1.29, 1.82) is 0 Å². The van der Waals surface area contributed by atoms with Gasteiger partial charge in [0.25, 0.3) is 0 Å². The van der Waals surface area contributed by atoms with Crippen molar-refractivity contribution in [3.05, 3.63) is 95.1 Å². The van der Waals surface area contributed by atoms with Gasteiger partial charge in [-0.25, -0.2) is 9.38 Å². The molecule has 0 aliphatic carbocycles. The van der Waals surface area contributed by atoms with Crippen LogP contribution in [0.3, 0.4) is 0 Å². The molecular formula is C32H46FN3O. The summed E-state index contributed by atoms with van der Waals surface area (Å²) in [6.07, 6.45) is 5.41. The predicted molar refractivity (Wildman–Crippen MR) is 162 cm³/mol. The predicted octanol–water partition coefficient (Wildman–Crippen LogP) is 8.73.